The molecule has 1 rings (SSSR count). The molecule has 0 heterocycles. The average molecular weight is 288 g/mol. The Hall–Kier alpha value is -1.08. The summed E-state index contributed by atoms with van der Waals surface area (Å²) in [5.41, 5.74) is 3.85. The molecule has 21 heavy (non-hydrogen) atoms. The van der Waals surface area contributed by atoms with Gasteiger partial charge in [-0.1, -0.05) is 55.4 Å². The zero-order valence-electron chi connectivity index (χ0n) is 14.4. The molecule has 1 nitrogen and oxygen atoms in total. The standard InChI is InChI=1S/C20H32O/c1-15(2)19-13-12-17(4)9-6-8-16(3)10-7-11-18(5)20(21)14-19/h8-9,11-13,15,19-21H,6-7,10,14H2,1-5H3/b13-12+,16-8+,17-9-,18-11+/t19-,20+/m0/s1. The van der Waals surface area contributed by atoms with Crippen LogP contribution in [0.1, 0.15) is 60.3 Å². The predicted octanol–water partition coefficient (Wildman–Crippen LogP) is 5.59. The van der Waals surface area contributed by atoms with Crippen LogP contribution in [0, 0.1) is 11.8 Å². The first-order chi connectivity index (χ1) is 9.90. The summed E-state index contributed by atoms with van der Waals surface area (Å²) in [6, 6.07) is 0. The van der Waals surface area contributed by atoms with Crippen LogP contribution in [-0.4, -0.2) is 11.2 Å². The monoisotopic (exact) mass is 288 g/mol. The van der Waals surface area contributed by atoms with Gasteiger partial charge in [0.05, 0.1) is 6.10 Å². The summed E-state index contributed by atoms with van der Waals surface area (Å²) in [6.07, 6.45) is 14.9. The molecule has 118 valence electrons. The topological polar surface area (TPSA) is 20.2 Å². The quantitative estimate of drug-likeness (QED) is 0.624. The summed E-state index contributed by atoms with van der Waals surface area (Å²) in [4.78, 5) is 0. The SMILES string of the molecule is CC1=C/C/C=C(\C)CC/C=C(\C)[C@H](O)C[C@@H](C(C)C)\C=C\1. The molecule has 0 saturated carbocycles. The van der Waals surface area contributed by atoms with Crippen LogP contribution in [0.2, 0.25) is 0 Å². The molecule has 2 atom stereocenters. The Bertz CT molecular complexity index is 435. The van der Waals surface area contributed by atoms with Crippen molar-refractivity contribution in [2.75, 3.05) is 0 Å². The third-order valence-electron chi connectivity index (χ3n) is 4.39. The van der Waals surface area contributed by atoms with Crippen molar-refractivity contribution in [1.29, 1.82) is 0 Å². The first-order valence-corrected chi connectivity index (χ1v) is 8.25. The molecule has 1 heteroatoms. The van der Waals surface area contributed by atoms with Crippen molar-refractivity contribution in [2.24, 2.45) is 11.8 Å². The first-order valence-electron chi connectivity index (χ1n) is 8.25. The molecule has 0 bridgehead atoms. The molecule has 0 aliphatic heterocycles. The molecule has 0 aromatic rings. The summed E-state index contributed by atoms with van der Waals surface area (Å²) in [5.74, 6) is 0.971. The van der Waals surface area contributed by atoms with Crippen molar-refractivity contribution in [3.63, 3.8) is 0 Å². The van der Waals surface area contributed by atoms with Crippen molar-refractivity contribution in [3.05, 3.63) is 47.1 Å². The van der Waals surface area contributed by atoms with Gasteiger partial charge in [-0.25, -0.2) is 0 Å². The van der Waals surface area contributed by atoms with Crippen LogP contribution in [0.15, 0.2) is 47.1 Å². The molecule has 0 spiro atoms. The van der Waals surface area contributed by atoms with E-state index >= 15 is 0 Å². The molecular weight excluding hydrogens is 256 g/mol. The van der Waals surface area contributed by atoms with E-state index in [9.17, 15) is 5.11 Å². The number of hydrogen-bond acceptors (Lipinski definition) is 1. The van der Waals surface area contributed by atoms with E-state index in [2.05, 4.69) is 65.0 Å². The van der Waals surface area contributed by atoms with Crippen molar-refractivity contribution in [2.45, 2.75) is 66.4 Å². The number of hydrogen-bond donors (Lipinski definition) is 1. The lowest BCUT2D eigenvalue weighted by Gasteiger charge is -2.21. The summed E-state index contributed by atoms with van der Waals surface area (Å²) < 4.78 is 0. The third-order valence-corrected chi connectivity index (χ3v) is 4.39. The van der Waals surface area contributed by atoms with Crippen molar-refractivity contribution >= 4 is 0 Å². The molecule has 0 unspecified atom stereocenters. The van der Waals surface area contributed by atoms with E-state index in [4.69, 9.17) is 0 Å². The van der Waals surface area contributed by atoms with Gasteiger partial charge in [0.2, 0.25) is 0 Å². The van der Waals surface area contributed by atoms with E-state index < -0.39 is 0 Å². The number of allylic oxidation sites excluding steroid dienone is 7. The van der Waals surface area contributed by atoms with E-state index in [1.807, 2.05) is 0 Å². The van der Waals surface area contributed by atoms with Crippen LogP contribution in [0.25, 0.3) is 0 Å². The molecule has 1 N–H and O–H groups in total. The van der Waals surface area contributed by atoms with Gasteiger partial charge in [0.15, 0.2) is 0 Å². The Morgan fingerprint density at radius 3 is 2.48 bits per heavy atom. The van der Waals surface area contributed by atoms with Crippen LogP contribution in [0.4, 0.5) is 0 Å². The molecular formula is C20H32O. The van der Waals surface area contributed by atoms with E-state index in [1.54, 1.807) is 0 Å². The van der Waals surface area contributed by atoms with Crippen LogP contribution < -0.4 is 0 Å². The van der Waals surface area contributed by atoms with Gasteiger partial charge in [0, 0.05) is 0 Å². The number of aliphatic hydroxyl groups excluding tert-OH is 1. The fourth-order valence-corrected chi connectivity index (χ4v) is 2.57. The minimum Gasteiger partial charge on any atom is -0.389 e. The summed E-state index contributed by atoms with van der Waals surface area (Å²) in [6.45, 7) is 10.9. The lowest BCUT2D eigenvalue weighted by Crippen LogP contribution is -2.17. The Morgan fingerprint density at radius 1 is 1.10 bits per heavy atom. The van der Waals surface area contributed by atoms with Crippen molar-refractivity contribution < 1.29 is 5.11 Å². The van der Waals surface area contributed by atoms with Gasteiger partial charge >= 0.3 is 0 Å². The van der Waals surface area contributed by atoms with Gasteiger partial charge < -0.3 is 5.11 Å². The van der Waals surface area contributed by atoms with Crippen molar-refractivity contribution in [3.8, 4) is 0 Å². The molecule has 0 aromatic heterocycles. The Kier molecular flexibility index (Phi) is 7.74. The van der Waals surface area contributed by atoms with Gasteiger partial charge in [-0.3, -0.25) is 0 Å². The number of rotatable bonds is 1. The zero-order chi connectivity index (χ0) is 15.8. The lowest BCUT2D eigenvalue weighted by molar-refractivity contribution is 0.173. The zero-order valence-corrected chi connectivity index (χ0v) is 14.4. The average Bonchev–Trinajstić information content (AvgIpc) is 2.41. The highest BCUT2D eigenvalue weighted by molar-refractivity contribution is 5.19. The van der Waals surface area contributed by atoms with Gasteiger partial charge in [-0.2, -0.15) is 0 Å². The second-order valence-electron chi connectivity index (χ2n) is 6.74. The summed E-state index contributed by atoms with van der Waals surface area (Å²) in [7, 11) is 0. The van der Waals surface area contributed by atoms with Crippen molar-refractivity contribution in [1.82, 2.24) is 0 Å². The molecule has 0 amide bonds. The van der Waals surface area contributed by atoms with Gasteiger partial charge in [-0.15, -0.1) is 0 Å². The summed E-state index contributed by atoms with van der Waals surface area (Å²) >= 11 is 0. The highest BCUT2D eigenvalue weighted by Gasteiger charge is 2.16. The van der Waals surface area contributed by atoms with E-state index in [-0.39, 0.29) is 6.10 Å². The van der Waals surface area contributed by atoms with Crippen LogP contribution >= 0.6 is 0 Å². The molecule has 1 aliphatic rings. The maximum Gasteiger partial charge on any atom is 0.0753 e. The molecule has 0 saturated heterocycles. The fraction of sp³-hybridized carbons (Fsp3) is 0.600. The van der Waals surface area contributed by atoms with Gasteiger partial charge in [0.1, 0.15) is 0 Å². The molecule has 0 fully saturated rings. The molecule has 0 aromatic carbocycles. The van der Waals surface area contributed by atoms with Gasteiger partial charge in [-0.05, 0) is 63.9 Å². The smallest absolute Gasteiger partial charge is 0.0753 e. The van der Waals surface area contributed by atoms with Crippen LogP contribution in [0.5, 0.6) is 0 Å². The van der Waals surface area contributed by atoms with Gasteiger partial charge in [0.25, 0.3) is 0 Å². The Morgan fingerprint density at radius 2 is 1.81 bits per heavy atom. The summed E-state index contributed by atoms with van der Waals surface area (Å²) in [5, 5.41) is 10.4. The lowest BCUT2D eigenvalue weighted by atomic mass is 9.87. The highest BCUT2D eigenvalue weighted by Crippen LogP contribution is 2.23. The van der Waals surface area contributed by atoms with Crippen LogP contribution in [0.3, 0.4) is 0 Å². The first kappa shape index (κ1) is 18.0. The fourth-order valence-electron chi connectivity index (χ4n) is 2.57. The van der Waals surface area contributed by atoms with E-state index in [0.717, 1.165) is 31.3 Å². The Labute approximate surface area is 131 Å². The minimum atomic E-state index is -0.321. The second-order valence-corrected chi connectivity index (χ2v) is 6.74. The largest absolute Gasteiger partial charge is 0.389 e. The van der Waals surface area contributed by atoms with Crippen LogP contribution in [-0.2, 0) is 0 Å². The van der Waals surface area contributed by atoms with E-state index in [1.165, 1.54) is 11.1 Å². The maximum absolute atomic E-state index is 10.4. The van der Waals surface area contributed by atoms with E-state index in [0.29, 0.717) is 11.8 Å². The molecule has 0 radical (unpaired) electrons. The molecule has 1 aliphatic carbocycles. The second kappa shape index (κ2) is 9.04. The normalized spacial score (nSPS) is 34.9. The minimum absolute atomic E-state index is 0.321. The Balaban J connectivity index is 2.96. The number of aliphatic hydroxyl groups is 1. The highest BCUT2D eigenvalue weighted by atomic mass is 16.3. The third kappa shape index (κ3) is 6.95. The predicted molar refractivity (Wildman–Crippen MR) is 93.2 cm³/mol. The maximum atomic E-state index is 10.4.